The molecule has 0 unspecified atom stereocenters. The third-order valence-corrected chi connectivity index (χ3v) is 6.11. The SMILES string of the molecule is CN1CCN(c2ccnc3ccc(NC(=O)Nc4ccc5c(c4)CCC5=O)cc23)CC1. The second-order valence-corrected chi connectivity index (χ2v) is 8.23. The molecule has 2 amide bonds. The van der Waals surface area contributed by atoms with Crippen LogP contribution in [0.1, 0.15) is 22.3 Å². The Balaban J connectivity index is 1.34. The summed E-state index contributed by atoms with van der Waals surface area (Å²) in [5.41, 5.74) is 5.22. The lowest BCUT2D eigenvalue weighted by atomic mass is 10.1. The average Bonchev–Trinajstić information content (AvgIpc) is 3.14. The minimum absolute atomic E-state index is 0.173. The number of nitrogens with one attached hydrogen (secondary N) is 2. The lowest BCUT2D eigenvalue weighted by molar-refractivity contribution is 0.0994. The van der Waals surface area contributed by atoms with Crippen molar-refractivity contribution in [3.8, 4) is 0 Å². The van der Waals surface area contributed by atoms with E-state index in [9.17, 15) is 9.59 Å². The Morgan fingerprint density at radius 3 is 2.48 bits per heavy atom. The Bertz CT molecular complexity index is 1170. The van der Waals surface area contributed by atoms with Gasteiger partial charge in [0.15, 0.2) is 5.78 Å². The number of likely N-dealkylation sites (N-methyl/N-ethyl adjacent to an activating group) is 1. The standard InChI is InChI=1S/C24H25N5O2/c1-28-10-12-29(13-11-28)22-8-9-25-21-6-4-18(15-20(21)22)27-24(31)26-17-3-5-19-16(14-17)2-7-23(19)30/h3-6,8-9,14-15H,2,7,10-13H2,1H3,(H2,26,27,31). The number of pyridine rings is 1. The molecule has 2 heterocycles. The zero-order valence-electron chi connectivity index (χ0n) is 17.5. The maximum Gasteiger partial charge on any atom is 0.323 e. The Morgan fingerprint density at radius 1 is 0.935 bits per heavy atom. The first-order chi connectivity index (χ1) is 15.1. The number of aromatic nitrogens is 1. The number of fused-ring (bicyclic) bond motifs is 2. The number of piperazine rings is 1. The monoisotopic (exact) mass is 415 g/mol. The molecular weight excluding hydrogens is 390 g/mol. The molecule has 1 aromatic heterocycles. The lowest BCUT2D eigenvalue weighted by Gasteiger charge is -2.34. The normalized spacial score (nSPS) is 16.4. The third-order valence-electron chi connectivity index (χ3n) is 6.11. The number of nitrogens with zero attached hydrogens (tertiary/aromatic N) is 3. The van der Waals surface area contributed by atoms with Crippen LogP contribution in [0.4, 0.5) is 21.9 Å². The molecule has 0 spiro atoms. The quantitative estimate of drug-likeness (QED) is 0.681. The van der Waals surface area contributed by atoms with Crippen molar-refractivity contribution in [1.82, 2.24) is 9.88 Å². The van der Waals surface area contributed by atoms with Gasteiger partial charge in [-0.05, 0) is 61.5 Å². The number of carbonyl (C=O) groups excluding carboxylic acids is 2. The molecule has 2 aromatic carbocycles. The van der Waals surface area contributed by atoms with Crippen LogP contribution < -0.4 is 15.5 Å². The van der Waals surface area contributed by atoms with Gasteiger partial charge in [-0.1, -0.05) is 0 Å². The summed E-state index contributed by atoms with van der Waals surface area (Å²) in [6, 6.07) is 13.0. The summed E-state index contributed by atoms with van der Waals surface area (Å²) >= 11 is 0. The fourth-order valence-corrected chi connectivity index (χ4v) is 4.36. The number of carbonyl (C=O) groups is 2. The molecule has 7 heteroatoms. The van der Waals surface area contributed by atoms with Gasteiger partial charge in [0.2, 0.25) is 0 Å². The van der Waals surface area contributed by atoms with E-state index in [0.717, 1.165) is 60.3 Å². The second-order valence-electron chi connectivity index (χ2n) is 8.23. The van der Waals surface area contributed by atoms with E-state index in [-0.39, 0.29) is 11.8 Å². The van der Waals surface area contributed by atoms with E-state index >= 15 is 0 Å². The molecule has 158 valence electrons. The molecule has 3 aromatic rings. The molecule has 1 aliphatic carbocycles. The van der Waals surface area contributed by atoms with Gasteiger partial charge in [0.25, 0.3) is 0 Å². The number of anilines is 3. The molecule has 0 atom stereocenters. The van der Waals surface area contributed by atoms with Crippen LogP contribution in [-0.4, -0.2) is 54.9 Å². The maximum absolute atomic E-state index is 12.6. The molecule has 0 saturated carbocycles. The van der Waals surface area contributed by atoms with Crippen LogP contribution in [-0.2, 0) is 6.42 Å². The largest absolute Gasteiger partial charge is 0.368 e. The van der Waals surface area contributed by atoms with Crippen LogP contribution in [0.5, 0.6) is 0 Å². The smallest absolute Gasteiger partial charge is 0.323 e. The third kappa shape index (κ3) is 3.96. The van der Waals surface area contributed by atoms with E-state index in [1.165, 1.54) is 0 Å². The number of urea groups is 1. The summed E-state index contributed by atoms with van der Waals surface area (Å²) in [7, 11) is 2.14. The second kappa shape index (κ2) is 8.00. The van der Waals surface area contributed by atoms with Gasteiger partial charge in [-0.2, -0.15) is 0 Å². The van der Waals surface area contributed by atoms with Gasteiger partial charge in [-0.3, -0.25) is 9.78 Å². The summed E-state index contributed by atoms with van der Waals surface area (Å²) in [4.78, 5) is 33.6. The van der Waals surface area contributed by atoms with E-state index in [1.54, 1.807) is 12.1 Å². The molecule has 1 fully saturated rings. The minimum Gasteiger partial charge on any atom is -0.368 e. The highest BCUT2D eigenvalue weighted by atomic mass is 16.2. The van der Waals surface area contributed by atoms with Gasteiger partial charge in [-0.25, -0.2) is 4.79 Å². The predicted octanol–water partition coefficient (Wildman–Crippen LogP) is 3.76. The van der Waals surface area contributed by atoms with Crippen molar-refractivity contribution >= 4 is 39.8 Å². The van der Waals surface area contributed by atoms with E-state index in [1.807, 2.05) is 36.5 Å². The first-order valence-corrected chi connectivity index (χ1v) is 10.6. The summed E-state index contributed by atoms with van der Waals surface area (Å²) in [5, 5.41) is 6.83. The van der Waals surface area contributed by atoms with Crippen LogP contribution in [0.2, 0.25) is 0 Å². The van der Waals surface area contributed by atoms with Crippen LogP contribution in [0.25, 0.3) is 10.9 Å². The first-order valence-electron chi connectivity index (χ1n) is 10.6. The van der Waals surface area contributed by atoms with Crippen molar-refractivity contribution in [2.24, 2.45) is 0 Å². The highest BCUT2D eigenvalue weighted by Gasteiger charge is 2.20. The molecule has 2 N–H and O–H groups in total. The molecule has 7 nitrogen and oxygen atoms in total. The van der Waals surface area contributed by atoms with Gasteiger partial charge in [0.05, 0.1) is 5.52 Å². The van der Waals surface area contributed by atoms with E-state index in [0.29, 0.717) is 17.8 Å². The molecule has 2 aliphatic rings. The highest BCUT2D eigenvalue weighted by molar-refractivity contribution is 6.04. The number of hydrogen-bond acceptors (Lipinski definition) is 5. The summed E-state index contributed by atoms with van der Waals surface area (Å²) in [6.07, 6.45) is 3.12. The molecule has 5 rings (SSSR count). The molecule has 0 radical (unpaired) electrons. The number of benzene rings is 2. The van der Waals surface area contributed by atoms with Crippen molar-refractivity contribution in [1.29, 1.82) is 0 Å². The van der Waals surface area contributed by atoms with Crippen LogP contribution in [0.15, 0.2) is 48.7 Å². The number of ketones is 1. The summed E-state index contributed by atoms with van der Waals surface area (Å²) in [6.45, 7) is 3.98. The Morgan fingerprint density at radius 2 is 1.68 bits per heavy atom. The van der Waals surface area contributed by atoms with Crippen molar-refractivity contribution in [3.05, 3.63) is 59.8 Å². The number of Topliss-reactive ketones (excluding diaryl/α,β-unsaturated/α-hetero) is 1. The molecule has 1 saturated heterocycles. The Labute approximate surface area is 181 Å². The topological polar surface area (TPSA) is 77.6 Å². The van der Waals surface area contributed by atoms with Crippen molar-refractivity contribution < 1.29 is 9.59 Å². The van der Waals surface area contributed by atoms with Crippen molar-refractivity contribution in [2.75, 3.05) is 48.8 Å². The molecule has 31 heavy (non-hydrogen) atoms. The molecule has 1 aliphatic heterocycles. The highest BCUT2D eigenvalue weighted by Crippen LogP contribution is 2.29. The molecular formula is C24H25N5O2. The van der Waals surface area contributed by atoms with Gasteiger partial charge >= 0.3 is 6.03 Å². The van der Waals surface area contributed by atoms with Crippen LogP contribution in [0.3, 0.4) is 0 Å². The number of hydrogen-bond donors (Lipinski definition) is 2. The van der Waals surface area contributed by atoms with E-state index in [4.69, 9.17) is 0 Å². The average molecular weight is 415 g/mol. The van der Waals surface area contributed by atoms with Crippen LogP contribution in [0, 0.1) is 0 Å². The van der Waals surface area contributed by atoms with Gasteiger partial charge in [-0.15, -0.1) is 0 Å². The zero-order chi connectivity index (χ0) is 21.4. The summed E-state index contributed by atoms with van der Waals surface area (Å²) < 4.78 is 0. The number of rotatable bonds is 3. The van der Waals surface area contributed by atoms with Gasteiger partial charge in [0, 0.05) is 66.8 Å². The number of aryl methyl sites for hydroxylation is 1. The van der Waals surface area contributed by atoms with Gasteiger partial charge < -0.3 is 20.4 Å². The lowest BCUT2D eigenvalue weighted by Crippen LogP contribution is -2.44. The minimum atomic E-state index is -0.311. The molecule has 0 bridgehead atoms. The fraction of sp³-hybridized carbons (Fsp3) is 0.292. The van der Waals surface area contributed by atoms with Crippen LogP contribution >= 0.6 is 0 Å². The first kappa shape index (κ1) is 19.5. The Hall–Kier alpha value is -3.45. The predicted molar refractivity (Wildman–Crippen MR) is 123 cm³/mol. The van der Waals surface area contributed by atoms with Crippen molar-refractivity contribution in [3.63, 3.8) is 0 Å². The van der Waals surface area contributed by atoms with Gasteiger partial charge in [0.1, 0.15) is 0 Å². The van der Waals surface area contributed by atoms with Crippen molar-refractivity contribution in [2.45, 2.75) is 12.8 Å². The fourth-order valence-electron chi connectivity index (χ4n) is 4.36. The van der Waals surface area contributed by atoms with E-state index in [2.05, 4.69) is 32.5 Å². The maximum atomic E-state index is 12.6. The number of amides is 2. The summed E-state index contributed by atoms with van der Waals surface area (Å²) in [5.74, 6) is 0.173. The zero-order valence-corrected chi connectivity index (χ0v) is 17.5. The Kier molecular flexibility index (Phi) is 5.03. The van der Waals surface area contributed by atoms with E-state index < -0.39 is 0 Å².